The molecule has 0 aliphatic heterocycles. The van der Waals surface area contributed by atoms with E-state index in [1.54, 1.807) is 0 Å². The molecular weight excluding hydrogens is 115 g/mol. The van der Waals surface area contributed by atoms with Crippen molar-refractivity contribution in [1.29, 1.82) is 0 Å². The van der Waals surface area contributed by atoms with Crippen molar-refractivity contribution in [3.63, 3.8) is 0 Å². The lowest BCUT2D eigenvalue weighted by molar-refractivity contribution is -0.140. The topological polar surface area (TPSA) is 0 Å². The van der Waals surface area contributed by atoms with Gasteiger partial charge in [-0.2, -0.15) is 13.2 Å². The van der Waals surface area contributed by atoms with Gasteiger partial charge in [0.2, 0.25) is 0 Å². The van der Waals surface area contributed by atoms with Crippen molar-refractivity contribution >= 4 is 15.7 Å². The average Bonchev–Trinajstić information content (AvgIpc) is 1.25. The fourth-order valence-electron chi connectivity index (χ4n) is 0. The van der Waals surface area contributed by atoms with Crippen molar-refractivity contribution in [2.75, 3.05) is 0 Å². The van der Waals surface area contributed by atoms with Crippen LogP contribution in [0.1, 0.15) is 6.92 Å². The summed E-state index contributed by atoms with van der Waals surface area (Å²) >= 11 is 0. The summed E-state index contributed by atoms with van der Waals surface area (Å²) in [6.07, 6.45) is -4.06. The van der Waals surface area contributed by atoms with Gasteiger partial charge >= 0.3 is 6.18 Å². The highest BCUT2D eigenvalue weighted by Gasteiger charge is 2.42. The maximum atomic E-state index is 11.6. The Morgan fingerprint density at radius 3 is 1.25 bits per heavy atom. The van der Waals surface area contributed by atoms with Gasteiger partial charge in [0.15, 0.2) is 0 Å². The second-order valence-corrected chi connectivity index (χ2v) is 2.75. The predicted octanol–water partition coefficient (Wildman–Crippen LogP) is -0.0490. The molecule has 0 aromatic carbocycles. The van der Waals surface area contributed by atoms with Gasteiger partial charge in [0.1, 0.15) is 15.7 Å². The fraction of sp³-hybridized carbons (Fsp3) is 1.00. The summed E-state index contributed by atoms with van der Waals surface area (Å²) in [5.74, 6) is 0. The summed E-state index contributed by atoms with van der Waals surface area (Å²) in [5, 5.41) is -1.56. The van der Waals surface area contributed by atoms with Gasteiger partial charge in [-0.3, -0.25) is 0 Å². The molecule has 0 radical (unpaired) electrons. The molecule has 0 saturated carbocycles. The lowest BCUT2D eigenvalue weighted by atomic mass is 9.55. The van der Waals surface area contributed by atoms with E-state index in [2.05, 4.69) is 0 Å². The molecule has 0 atom stereocenters. The highest BCUT2D eigenvalue weighted by atomic mass is 19.4. The maximum Gasteiger partial charge on any atom is 0.380 e. The normalized spacial score (nSPS) is 14.0. The third kappa shape index (κ3) is 1.80. The van der Waals surface area contributed by atoms with E-state index in [1.807, 2.05) is 0 Å². The van der Waals surface area contributed by atoms with Crippen molar-refractivity contribution in [3.05, 3.63) is 0 Å². The smallest absolute Gasteiger partial charge is 0.172 e. The lowest BCUT2D eigenvalue weighted by Crippen LogP contribution is -2.28. The Bertz CT molecular complexity index is 67.5. The minimum atomic E-state index is -4.06. The molecule has 0 rings (SSSR count). The van der Waals surface area contributed by atoms with Gasteiger partial charge in [-0.1, -0.05) is 6.92 Å². The molecule has 0 aromatic rings. The molecule has 0 saturated heterocycles. The van der Waals surface area contributed by atoms with E-state index in [1.165, 1.54) is 0 Å². The molecule has 0 heterocycles. The summed E-state index contributed by atoms with van der Waals surface area (Å²) in [6.45, 7) is 1.15. The monoisotopic (exact) mass is 122 g/mol. The van der Waals surface area contributed by atoms with E-state index in [4.69, 9.17) is 0 Å². The second-order valence-electron chi connectivity index (χ2n) is 2.75. The lowest BCUT2D eigenvalue weighted by Gasteiger charge is -2.21. The fourth-order valence-corrected chi connectivity index (χ4v) is 0. The zero-order valence-electron chi connectivity index (χ0n) is 5.13. The molecule has 0 aromatic heterocycles. The van der Waals surface area contributed by atoms with E-state index in [0.29, 0.717) is 0 Å². The molecule has 5 heteroatoms. The molecule has 0 nitrogen and oxygen atoms in total. The average molecular weight is 122 g/mol. The van der Waals surface area contributed by atoms with Crippen molar-refractivity contribution < 1.29 is 13.2 Å². The van der Waals surface area contributed by atoms with E-state index in [-0.39, 0.29) is 0 Å². The van der Waals surface area contributed by atoms with Crippen LogP contribution in [0.2, 0.25) is 5.21 Å². The molecular formula is C3H7B2F3. The highest BCUT2D eigenvalue weighted by Crippen LogP contribution is 2.37. The Hall–Kier alpha value is -0.0801. The molecule has 46 valence electrons. The van der Waals surface area contributed by atoms with Gasteiger partial charge in [0.25, 0.3) is 0 Å². The third-order valence-electron chi connectivity index (χ3n) is 0.850. The highest BCUT2D eigenvalue weighted by molar-refractivity contribution is 6.40. The van der Waals surface area contributed by atoms with Crippen LogP contribution in [0.4, 0.5) is 13.2 Å². The molecule has 0 bridgehead atoms. The molecule has 0 unspecified atom stereocenters. The number of hydrogen-bond acceptors (Lipinski definition) is 0. The number of halogens is 3. The molecule has 8 heavy (non-hydrogen) atoms. The van der Waals surface area contributed by atoms with Crippen molar-refractivity contribution in [3.8, 4) is 0 Å². The van der Waals surface area contributed by atoms with Crippen LogP contribution in [-0.2, 0) is 0 Å². The minimum absolute atomic E-state index is 1.15. The SMILES string of the molecule is BC(B)(C)C(F)(F)F. The molecule has 0 N–H and O–H groups in total. The first-order valence-corrected chi connectivity index (χ1v) is 2.32. The van der Waals surface area contributed by atoms with Crippen LogP contribution in [0.3, 0.4) is 0 Å². The van der Waals surface area contributed by atoms with Crippen LogP contribution in [0, 0.1) is 0 Å². The molecule has 0 fully saturated rings. The van der Waals surface area contributed by atoms with Gasteiger partial charge in [-0.25, -0.2) is 0 Å². The largest absolute Gasteiger partial charge is 0.380 e. The van der Waals surface area contributed by atoms with Gasteiger partial charge in [-0.15, -0.1) is 0 Å². The predicted molar refractivity (Wildman–Crippen MR) is 31.5 cm³/mol. The number of rotatable bonds is 0. The zero-order valence-corrected chi connectivity index (χ0v) is 5.13. The van der Waals surface area contributed by atoms with Crippen molar-refractivity contribution in [2.45, 2.75) is 18.3 Å². The molecule has 0 amide bonds. The summed E-state index contributed by atoms with van der Waals surface area (Å²) < 4.78 is 34.7. The summed E-state index contributed by atoms with van der Waals surface area (Å²) in [6, 6.07) is 0. The van der Waals surface area contributed by atoms with Crippen LogP contribution in [0.15, 0.2) is 0 Å². The van der Waals surface area contributed by atoms with Crippen LogP contribution >= 0.6 is 0 Å². The van der Waals surface area contributed by atoms with Gasteiger partial charge in [0.05, 0.1) is 0 Å². The first-order chi connectivity index (χ1) is 3.25. The number of hydrogen-bond donors (Lipinski definition) is 0. The van der Waals surface area contributed by atoms with E-state index in [9.17, 15) is 13.2 Å². The summed E-state index contributed by atoms with van der Waals surface area (Å²) in [5.41, 5.74) is 0. The number of alkyl halides is 3. The molecule has 0 aliphatic carbocycles. The standard InChI is InChI=1S/C3H7B2F3/c1-2(4,5)3(6,7)8/h4-5H2,1H3. The van der Waals surface area contributed by atoms with Crippen molar-refractivity contribution in [2.24, 2.45) is 0 Å². The summed E-state index contributed by atoms with van der Waals surface area (Å²) in [7, 11) is 2.29. The maximum absolute atomic E-state index is 11.6. The van der Waals surface area contributed by atoms with Crippen LogP contribution in [-0.4, -0.2) is 21.9 Å². The quantitative estimate of drug-likeness (QED) is 0.395. The van der Waals surface area contributed by atoms with E-state index < -0.39 is 11.4 Å². The minimum Gasteiger partial charge on any atom is -0.172 e. The van der Waals surface area contributed by atoms with E-state index in [0.717, 1.165) is 22.6 Å². The zero-order chi connectivity index (χ0) is 7.00. The Morgan fingerprint density at radius 1 is 1.12 bits per heavy atom. The Morgan fingerprint density at radius 2 is 1.25 bits per heavy atom. The van der Waals surface area contributed by atoms with Gasteiger partial charge in [-0.05, 0) is 0 Å². The van der Waals surface area contributed by atoms with Crippen LogP contribution in [0.25, 0.3) is 0 Å². The Labute approximate surface area is 48.3 Å². The third-order valence-corrected chi connectivity index (χ3v) is 0.850. The second kappa shape index (κ2) is 1.71. The summed E-state index contributed by atoms with van der Waals surface area (Å²) in [4.78, 5) is 0. The van der Waals surface area contributed by atoms with Crippen molar-refractivity contribution in [1.82, 2.24) is 0 Å². The Balaban J connectivity index is 4.02. The first kappa shape index (κ1) is 7.92. The van der Waals surface area contributed by atoms with Crippen LogP contribution < -0.4 is 0 Å². The van der Waals surface area contributed by atoms with Gasteiger partial charge in [0, 0.05) is 5.21 Å². The Kier molecular flexibility index (Phi) is 1.69. The molecule has 0 aliphatic rings. The molecule has 0 spiro atoms. The first-order valence-electron chi connectivity index (χ1n) is 2.32. The van der Waals surface area contributed by atoms with E-state index >= 15 is 0 Å². The van der Waals surface area contributed by atoms with Crippen LogP contribution in [0.5, 0.6) is 0 Å². The van der Waals surface area contributed by atoms with Gasteiger partial charge < -0.3 is 0 Å².